The van der Waals surface area contributed by atoms with Crippen molar-refractivity contribution in [1.82, 2.24) is 0 Å². The Kier molecular flexibility index (Phi) is 5.24. The van der Waals surface area contributed by atoms with Crippen LogP contribution in [-0.4, -0.2) is 24.8 Å². The molecule has 1 rings (SSSR count). The summed E-state index contributed by atoms with van der Waals surface area (Å²) >= 11 is 5.72. The molecule has 1 atom stereocenters. The van der Waals surface area contributed by atoms with Crippen LogP contribution < -0.4 is 4.74 Å². The fourth-order valence-electron chi connectivity index (χ4n) is 1.55. The van der Waals surface area contributed by atoms with Gasteiger partial charge >= 0.3 is 12.1 Å². The molecule has 0 amide bonds. The van der Waals surface area contributed by atoms with Gasteiger partial charge in [0.05, 0.1) is 24.3 Å². The maximum absolute atomic E-state index is 12.9. The molecule has 0 bridgehead atoms. The first-order valence-corrected chi connectivity index (χ1v) is 5.89. The molecule has 0 radical (unpaired) electrons. The number of benzene rings is 1. The number of halogens is 4. The van der Waals surface area contributed by atoms with Crippen molar-refractivity contribution < 1.29 is 32.5 Å². The third-order valence-corrected chi connectivity index (χ3v) is 2.73. The molecule has 1 N–H and O–H groups in total. The lowest BCUT2D eigenvalue weighted by Gasteiger charge is -2.18. The van der Waals surface area contributed by atoms with Crippen molar-refractivity contribution in [3.63, 3.8) is 0 Å². The van der Waals surface area contributed by atoms with E-state index in [-0.39, 0.29) is 17.4 Å². The van der Waals surface area contributed by atoms with Gasteiger partial charge in [-0.1, -0.05) is 11.6 Å². The molecular weight excluding hydrogens is 301 g/mol. The van der Waals surface area contributed by atoms with E-state index in [9.17, 15) is 23.1 Å². The molecule has 0 saturated carbocycles. The van der Waals surface area contributed by atoms with Gasteiger partial charge in [-0.3, -0.25) is 0 Å². The van der Waals surface area contributed by atoms with E-state index in [4.69, 9.17) is 16.3 Å². The Bertz CT molecular complexity index is 502. The summed E-state index contributed by atoms with van der Waals surface area (Å²) in [7, 11) is 1.16. The lowest BCUT2D eigenvalue weighted by Crippen LogP contribution is -2.20. The van der Waals surface area contributed by atoms with Crippen LogP contribution in [0.1, 0.15) is 24.2 Å². The highest BCUT2D eigenvalue weighted by molar-refractivity contribution is 6.32. The van der Waals surface area contributed by atoms with Crippen LogP contribution in [0, 0.1) is 0 Å². The van der Waals surface area contributed by atoms with Crippen molar-refractivity contribution in [2.45, 2.75) is 19.2 Å². The van der Waals surface area contributed by atoms with Crippen molar-refractivity contribution in [3.8, 4) is 5.75 Å². The molecule has 0 aliphatic heterocycles. The quantitative estimate of drug-likeness (QED) is 0.868. The number of hydrogen-bond donors (Lipinski definition) is 1. The van der Waals surface area contributed by atoms with Crippen LogP contribution in [0.2, 0.25) is 5.02 Å². The van der Waals surface area contributed by atoms with E-state index in [0.717, 1.165) is 13.2 Å². The molecule has 112 valence electrons. The number of carbonyl (C=O) groups excluding carboxylic acids is 1. The maximum Gasteiger partial charge on any atom is 0.416 e. The molecule has 1 aromatic carbocycles. The highest BCUT2D eigenvalue weighted by Crippen LogP contribution is 2.40. The lowest BCUT2D eigenvalue weighted by molar-refractivity contribution is -0.155. The third-order valence-electron chi connectivity index (χ3n) is 2.43. The Morgan fingerprint density at radius 1 is 1.45 bits per heavy atom. The lowest BCUT2D eigenvalue weighted by atomic mass is 10.0. The molecule has 0 aliphatic carbocycles. The van der Waals surface area contributed by atoms with Gasteiger partial charge in [0, 0.05) is 5.56 Å². The zero-order valence-electron chi connectivity index (χ0n) is 10.6. The number of aliphatic hydroxyl groups excluding tert-OH is 1. The summed E-state index contributed by atoms with van der Waals surface area (Å²) in [5, 5.41) is 9.52. The molecule has 0 heterocycles. The van der Waals surface area contributed by atoms with Gasteiger partial charge in [0.15, 0.2) is 6.10 Å². The monoisotopic (exact) mass is 312 g/mol. The second-order valence-electron chi connectivity index (χ2n) is 3.73. The Morgan fingerprint density at radius 3 is 2.50 bits per heavy atom. The highest BCUT2D eigenvalue weighted by atomic mass is 35.5. The normalized spacial score (nSPS) is 12.9. The standard InChI is InChI=1S/C12H12ClF3O4/c1-3-20-11(18)10(17)6-4-8(13)9(19-2)5-7(6)12(14,15)16/h4-5,10,17H,3H2,1-2H3. The number of carbonyl (C=O) groups is 1. The number of rotatable bonds is 4. The molecule has 0 aliphatic rings. The maximum atomic E-state index is 12.9. The molecule has 8 heteroatoms. The summed E-state index contributed by atoms with van der Waals surface area (Å²) in [4.78, 5) is 11.4. The van der Waals surface area contributed by atoms with E-state index in [1.807, 2.05) is 0 Å². The molecule has 0 spiro atoms. The summed E-state index contributed by atoms with van der Waals surface area (Å²) < 4.78 is 48.0. The van der Waals surface area contributed by atoms with Crippen LogP contribution in [0.15, 0.2) is 12.1 Å². The van der Waals surface area contributed by atoms with Crippen molar-refractivity contribution >= 4 is 17.6 Å². The molecule has 4 nitrogen and oxygen atoms in total. The van der Waals surface area contributed by atoms with Crippen LogP contribution in [0.5, 0.6) is 5.75 Å². The first kappa shape index (κ1) is 16.6. The fraction of sp³-hybridized carbons (Fsp3) is 0.417. The first-order chi connectivity index (χ1) is 9.22. The van der Waals surface area contributed by atoms with Crippen molar-refractivity contribution in [2.75, 3.05) is 13.7 Å². The summed E-state index contributed by atoms with van der Waals surface area (Å²) in [6.45, 7) is 1.40. The van der Waals surface area contributed by atoms with E-state index in [1.54, 1.807) is 0 Å². The van der Waals surface area contributed by atoms with Gasteiger partial charge in [0.1, 0.15) is 5.75 Å². The minimum Gasteiger partial charge on any atom is -0.495 e. The molecule has 1 aromatic rings. The Balaban J connectivity index is 3.37. The number of methoxy groups -OCH3 is 1. The van der Waals surface area contributed by atoms with Gasteiger partial charge in [-0.05, 0) is 19.1 Å². The van der Waals surface area contributed by atoms with Crippen LogP contribution in [0.25, 0.3) is 0 Å². The fourth-order valence-corrected chi connectivity index (χ4v) is 1.79. The van der Waals surface area contributed by atoms with Crippen LogP contribution >= 0.6 is 11.6 Å². The van der Waals surface area contributed by atoms with E-state index in [0.29, 0.717) is 6.07 Å². The molecule has 20 heavy (non-hydrogen) atoms. The van der Waals surface area contributed by atoms with Crippen LogP contribution in [0.3, 0.4) is 0 Å². The van der Waals surface area contributed by atoms with Gasteiger partial charge in [-0.2, -0.15) is 13.2 Å². The summed E-state index contributed by atoms with van der Waals surface area (Å²) in [5.41, 5.74) is -1.89. The first-order valence-electron chi connectivity index (χ1n) is 5.51. The van der Waals surface area contributed by atoms with Gasteiger partial charge in [0.2, 0.25) is 0 Å². The Morgan fingerprint density at radius 2 is 2.05 bits per heavy atom. The van der Waals surface area contributed by atoms with E-state index >= 15 is 0 Å². The van der Waals surface area contributed by atoms with Gasteiger partial charge in [0.25, 0.3) is 0 Å². The number of ether oxygens (including phenoxy) is 2. The van der Waals surface area contributed by atoms with Crippen molar-refractivity contribution in [2.24, 2.45) is 0 Å². The largest absolute Gasteiger partial charge is 0.495 e. The van der Waals surface area contributed by atoms with Crippen molar-refractivity contribution in [3.05, 3.63) is 28.3 Å². The Hall–Kier alpha value is -1.47. The minimum atomic E-state index is -4.78. The second-order valence-corrected chi connectivity index (χ2v) is 4.13. The zero-order valence-corrected chi connectivity index (χ0v) is 11.4. The molecule has 0 saturated heterocycles. The van der Waals surface area contributed by atoms with Crippen molar-refractivity contribution in [1.29, 1.82) is 0 Å². The smallest absolute Gasteiger partial charge is 0.416 e. The minimum absolute atomic E-state index is 0.0683. The predicted octanol–water partition coefficient (Wildman–Crippen LogP) is 2.96. The third kappa shape index (κ3) is 3.55. The molecule has 0 aromatic heterocycles. The average Bonchev–Trinajstić information content (AvgIpc) is 2.36. The number of hydrogen-bond acceptors (Lipinski definition) is 4. The van der Waals surface area contributed by atoms with Gasteiger partial charge in [-0.25, -0.2) is 4.79 Å². The number of alkyl halides is 3. The van der Waals surface area contributed by atoms with E-state index in [2.05, 4.69) is 4.74 Å². The zero-order chi connectivity index (χ0) is 15.5. The highest BCUT2D eigenvalue weighted by Gasteiger charge is 2.38. The summed E-state index contributed by atoms with van der Waals surface area (Å²) in [6, 6.07) is 1.46. The topological polar surface area (TPSA) is 55.8 Å². The number of esters is 1. The average molecular weight is 313 g/mol. The van der Waals surface area contributed by atoms with E-state index < -0.39 is 29.4 Å². The summed E-state index contributed by atoms with van der Waals surface area (Å²) in [6.07, 6.45) is -6.85. The van der Waals surface area contributed by atoms with Crippen LogP contribution in [-0.2, 0) is 15.7 Å². The van der Waals surface area contributed by atoms with E-state index in [1.165, 1.54) is 6.92 Å². The predicted molar refractivity (Wildman–Crippen MR) is 64.6 cm³/mol. The Labute approximate surface area is 118 Å². The van der Waals surface area contributed by atoms with Crippen LogP contribution in [0.4, 0.5) is 13.2 Å². The SMILES string of the molecule is CCOC(=O)C(O)c1cc(Cl)c(OC)cc1C(F)(F)F. The molecule has 1 unspecified atom stereocenters. The molecular formula is C12H12ClF3O4. The van der Waals surface area contributed by atoms with Gasteiger partial charge in [-0.15, -0.1) is 0 Å². The summed E-state index contributed by atoms with van der Waals surface area (Å²) in [5.74, 6) is -1.39. The second kappa shape index (κ2) is 6.32. The molecule has 0 fully saturated rings. The number of aliphatic hydroxyl groups is 1. The van der Waals surface area contributed by atoms with Gasteiger partial charge < -0.3 is 14.6 Å².